The zero-order chi connectivity index (χ0) is 32.6. The fourth-order valence-electron chi connectivity index (χ4n) is 3.97. The Bertz CT molecular complexity index is 1130. The number of hydrogen-bond acceptors (Lipinski definition) is 8. The number of carbonyl (C=O) groups is 3. The van der Waals surface area contributed by atoms with Gasteiger partial charge in [0.05, 0.1) is 50.5 Å². The maximum atomic E-state index is 14.0. The third-order valence-electron chi connectivity index (χ3n) is 6.14. The van der Waals surface area contributed by atoms with Crippen LogP contribution in [0.5, 0.6) is 0 Å². The number of amides is 2. The summed E-state index contributed by atoms with van der Waals surface area (Å²) in [5.41, 5.74) is 0.139. The molecule has 0 saturated carbocycles. The van der Waals surface area contributed by atoms with Crippen LogP contribution in [-0.2, 0) is 46.3 Å². The normalized spacial score (nSPS) is 13.8. The second-order valence-corrected chi connectivity index (χ2v) is 12.5. The summed E-state index contributed by atoms with van der Waals surface area (Å²) < 4.78 is 28.4. The summed E-state index contributed by atoms with van der Waals surface area (Å²) in [5, 5.41) is 5.73. The van der Waals surface area contributed by atoms with Crippen molar-refractivity contribution < 1.29 is 38.1 Å². The van der Waals surface area contributed by atoms with Gasteiger partial charge in [0.25, 0.3) is 5.91 Å². The van der Waals surface area contributed by atoms with Gasteiger partial charge in [-0.1, -0.05) is 60.7 Å². The van der Waals surface area contributed by atoms with Crippen molar-refractivity contribution in [1.29, 1.82) is 0 Å². The average molecular weight is 615 g/mol. The summed E-state index contributed by atoms with van der Waals surface area (Å²) in [6, 6.07) is 17.5. The quantitative estimate of drug-likeness (QED) is 0.192. The number of alkyl carbamates (subject to hydrolysis) is 1. The van der Waals surface area contributed by atoms with Crippen LogP contribution in [0.25, 0.3) is 0 Å². The molecule has 10 nitrogen and oxygen atoms in total. The van der Waals surface area contributed by atoms with Crippen molar-refractivity contribution in [2.24, 2.45) is 5.41 Å². The molecule has 0 aliphatic rings. The minimum absolute atomic E-state index is 0.135. The molecule has 3 atom stereocenters. The first-order chi connectivity index (χ1) is 20.8. The van der Waals surface area contributed by atoms with Crippen LogP contribution in [0, 0.1) is 5.41 Å². The number of hydrogen-bond donors (Lipinski definition) is 2. The third kappa shape index (κ3) is 14.8. The zero-order valence-corrected chi connectivity index (χ0v) is 27.2. The number of esters is 1. The van der Waals surface area contributed by atoms with Crippen LogP contribution in [0.15, 0.2) is 60.7 Å². The Labute approximate surface area is 262 Å². The second-order valence-electron chi connectivity index (χ2n) is 12.5. The van der Waals surface area contributed by atoms with Crippen molar-refractivity contribution in [3.05, 3.63) is 71.8 Å². The highest BCUT2D eigenvalue weighted by Gasteiger charge is 2.38. The van der Waals surface area contributed by atoms with Crippen LogP contribution >= 0.6 is 0 Å². The van der Waals surface area contributed by atoms with Gasteiger partial charge in [-0.05, 0) is 66.0 Å². The summed E-state index contributed by atoms with van der Waals surface area (Å²) in [6.45, 7) is 14.1. The van der Waals surface area contributed by atoms with E-state index in [1.165, 1.54) is 0 Å². The van der Waals surface area contributed by atoms with Gasteiger partial charge in [0, 0.05) is 6.61 Å². The largest absolute Gasteiger partial charge is 0.450 e. The molecule has 1 unspecified atom stereocenters. The van der Waals surface area contributed by atoms with E-state index in [2.05, 4.69) is 10.6 Å². The van der Waals surface area contributed by atoms with Crippen molar-refractivity contribution in [3.8, 4) is 0 Å². The molecule has 0 bridgehead atoms. The molecular formula is C34H50N2O8. The van der Waals surface area contributed by atoms with E-state index >= 15 is 0 Å². The molecule has 244 valence electrons. The van der Waals surface area contributed by atoms with Crippen LogP contribution in [0.4, 0.5) is 4.79 Å². The lowest BCUT2D eigenvalue weighted by molar-refractivity contribution is -0.165. The first kappa shape index (κ1) is 36.7. The molecule has 2 rings (SSSR count). The summed E-state index contributed by atoms with van der Waals surface area (Å²) in [4.78, 5) is 40.0. The van der Waals surface area contributed by atoms with Crippen LogP contribution in [0.3, 0.4) is 0 Å². The lowest BCUT2D eigenvalue weighted by Gasteiger charge is -2.31. The van der Waals surface area contributed by atoms with Gasteiger partial charge in [0.1, 0.15) is 5.60 Å². The van der Waals surface area contributed by atoms with Gasteiger partial charge in [-0.2, -0.15) is 0 Å². The molecule has 0 aliphatic heterocycles. The monoisotopic (exact) mass is 614 g/mol. The highest BCUT2D eigenvalue weighted by atomic mass is 16.6. The number of benzene rings is 2. The molecular weight excluding hydrogens is 564 g/mol. The summed E-state index contributed by atoms with van der Waals surface area (Å²) in [5.74, 6) is -1.19. The van der Waals surface area contributed by atoms with E-state index in [1.807, 2.05) is 67.6 Å². The van der Waals surface area contributed by atoms with Crippen LogP contribution in [0.2, 0.25) is 0 Å². The van der Waals surface area contributed by atoms with Gasteiger partial charge in [0.2, 0.25) is 6.10 Å². The Balaban J connectivity index is 2.32. The minimum atomic E-state index is -1.38. The maximum absolute atomic E-state index is 14.0. The summed E-state index contributed by atoms with van der Waals surface area (Å²) >= 11 is 0. The van der Waals surface area contributed by atoms with E-state index in [0.29, 0.717) is 26.4 Å². The van der Waals surface area contributed by atoms with Crippen molar-refractivity contribution in [2.45, 2.75) is 85.3 Å². The number of nitrogens with one attached hydrogen (secondary N) is 2. The molecule has 0 aromatic heterocycles. The maximum Gasteiger partial charge on any atom is 0.408 e. The smallest absolute Gasteiger partial charge is 0.408 e. The SMILES string of the molecule is CCOCCOC[C@H](COCc1ccccc1)NC(=O)C(OC(=O)C(C)(C)C)[C@H](Cc1ccccc1)NC(=O)OC(C)(C)C. The van der Waals surface area contributed by atoms with E-state index in [1.54, 1.807) is 41.5 Å². The Morgan fingerprint density at radius 2 is 1.32 bits per heavy atom. The first-order valence-electron chi connectivity index (χ1n) is 15.1. The van der Waals surface area contributed by atoms with E-state index in [4.69, 9.17) is 23.7 Å². The van der Waals surface area contributed by atoms with Crippen molar-refractivity contribution in [2.75, 3.05) is 33.0 Å². The number of ether oxygens (including phenoxy) is 5. The molecule has 0 radical (unpaired) electrons. The van der Waals surface area contributed by atoms with Gasteiger partial charge in [-0.15, -0.1) is 0 Å². The molecule has 0 heterocycles. The zero-order valence-electron chi connectivity index (χ0n) is 27.2. The van der Waals surface area contributed by atoms with Crippen molar-refractivity contribution in [3.63, 3.8) is 0 Å². The topological polar surface area (TPSA) is 121 Å². The number of carbonyl (C=O) groups excluding carboxylic acids is 3. The highest BCUT2D eigenvalue weighted by molar-refractivity contribution is 5.86. The van der Waals surface area contributed by atoms with Gasteiger partial charge >= 0.3 is 12.1 Å². The fraction of sp³-hybridized carbons (Fsp3) is 0.559. The van der Waals surface area contributed by atoms with E-state index in [-0.39, 0.29) is 19.6 Å². The van der Waals surface area contributed by atoms with E-state index in [9.17, 15) is 14.4 Å². The first-order valence-corrected chi connectivity index (χ1v) is 15.1. The summed E-state index contributed by atoms with van der Waals surface area (Å²) in [7, 11) is 0. The Morgan fingerprint density at radius 3 is 1.89 bits per heavy atom. The lowest BCUT2D eigenvalue weighted by Crippen LogP contribution is -2.57. The second kappa shape index (κ2) is 18.4. The molecule has 2 aromatic carbocycles. The Hall–Kier alpha value is -3.47. The van der Waals surface area contributed by atoms with Crippen LogP contribution < -0.4 is 10.6 Å². The van der Waals surface area contributed by atoms with Gasteiger partial charge in [-0.25, -0.2) is 4.79 Å². The predicted molar refractivity (Wildman–Crippen MR) is 168 cm³/mol. The Morgan fingerprint density at radius 1 is 0.750 bits per heavy atom. The average Bonchev–Trinajstić information content (AvgIpc) is 2.94. The van der Waals surface area contributed by atoms with Crippen LogP contribution in [-0.4, -0.2) is 74.8 Å². The van der Waals surface area contributed by atoms with Gasteiger partial charge < -0.3 is 34.3 Å². The highest BCUT2D eigenvalue weighted by Crippen LogP contribution is 2.20. The summed E-state index contributed by atoms with van der Waals surface area (Å²) in [6.07, 6.45) is -1.91. The number of rotatable bonds is 17. The lowest BCUT2D eigenvalue weighted by atomic mass is 9.96. The Kier molecular flexibility index (Phi) is 15.3. The molecule has 0 spiro atoms. The predicted octanol–water partition coefficient (Wildman–Crippen LogP) is 4.84. The fourth-order valence-corrected chi connectivity index (χ4v) is 3.97. The minimum Gasteiger partial charge on any atom is -0.450 e. The molecule has 2 amide bonds. The van der Waals surface area contributed by atoms with Crippen LogP contribution in [0.1, 0.15) is 59.6 Å². The molecule has 0 aliphatic carbocycles. The van der Waals surface area contributed by atoms with Gasteiger partial charge in [-0.3, -0.25) is 9.59 Å². The molecule has 2 N–H and O–H groups in total. The molecule has 0 fully saturated rings. The van der Waals surface area contributed by atoms with Crippen molar-refractivity contribution in [1.82, 2.24) is 10.6 Å². The van der Waals surface area contributed by atoms with E-state index < -0.39 is 47.2 Å². The van der Waals surface area contributed by atoms with E-state index in [0.717, 1.165) is 11.1 Å². The van der Waals surface area contributed by atoms with Crippen molar-refractivity contribution >= 4 is 18.0 Å². The molecule has 2 aromatic rings. The molecule has 0 saturated heterocycles. The van der Waals surface area contributed by atoms with Gasteiger partial charge in [0.15, 0.2) is 0 Å². The molecule has 44 heavy (non-hydrogen) atoms. The standard InChI is InChI=1S/C34H50N2O8/c1-8-40-19-20-41-23-27(24-42-22-26-17-13-10-14-18-26)35-30(37)29(43-31(38)33(2,3)4)28(21-25-15-11-9-12-16-25)36-32(39)44-34(5,6)7/h9-18,27-29H,8,19-24H2,1-7H3,(H,35,37)(H,36,39)/t27-,28+,29?/m1/s1. The molecule has 10 heteroatoms. The third-order valence-corrected chi connectivity index (χ3v) is 6.14.